The Bertz CT molecular complexity index is 2760. The number of fused-ring (bicyclic) bond motifs is 11. The van der Waals surface area contributed by atoms with Crippen molar-refractivity contribution in [3.05, 3.63) is 169 Å². The average Bonchev–Trinajstić information content (AvgIpc) is 3.36. The van der Waals surface area contributed by atoms with Crippen LogP contribution in [0.3, 0.4) is 0 Å². The van der Waals surface area contributed by atoms with Gasteiger partial charge < -0.3 is 0 Å². The van der Waals surface area contributed by atoms with Crippen LogP contribution >= 0.6 is 0 Å². The zero-order valence-corrected chi connectivity index (χ0v) is 26.5. The molecule has 10 rings (SSSR count). The molecule has 0 unspecified atom stereocenters. The Balaban J connectivity index is 1.22. The van der Waals surface area contributed by atoms with Crippen molar-refractivity contribution < 1.29 is 0 Å². The van der Waals surface area contributed by atoms with E-state index in [0.29, 0.717) is 0 Å². The lowest BCUT2D eigenvalue weighted by Gasteiger charge is -2.22. The first-order chi connectivity index (χ1) is 23.1. The molecule has 0 saturated carbocycles. The van der Waals surface area contributed by atoms with E-state index in [1.807, 2.05) is 0 Å². The van der Waals surface area contributed by atoms with Crippen molar-refractivity contribution in [1.82, 2.24) is 0 Å². The van der Waals surface area contributed by atoms with Crippen LogP contribution in [0.5, 0.6) is 0 Å². The van der Waals surface area contributed by atoms with E-state index in [-0.39, 0.29) is 5.41 Å². The molecule has 47 heavy (non-hydrogen) atoms. The summed E-state index contributed by atoms with van der Waals surface area (Å²) in [6.07, 6.45) is 0. The van der Waals surface area contributed by atoms with E-state index in [0.717, 1.165) is 0 Å². The van der Waals surface area contributed by atoms with Crippen molar-refractivity contribution in [3.8, 4) is 33.4 Å². The second kappa shape index (κ2) is 9.64. The molecule has 0 radical (unpaired) electrons. The number of rotatable bonds is 2. The van der Waals surface area contributed by atoms with Crippen LogP contribution in [-0.2, 0) is 5.41 Å². The van der Waals surface area contributed by atoms with Crippen molar-refractivity contribution in [2.45, 2.75) is 19.3 Å². The Morgan fingerprint density at radius 3 is 1.53 bits per heavy atom. The van der Waals surface area contributed by atoms with Gasteiger partial charge in [0.05, 0.1) is 0 Å². The van der Waals surface area contributed by atoms with Crippen LogP contribution in [0.15, 0.2) is 158 Å². The molecule has 1 aliphatic rings. The molecule has 0 aliphatic heterocycles. The summed E-state index contributed by atoms with van der Waals surface area (Å²) >= 11 is 0. The molecular formula is C47H32. The van der Waals surface area contributed by atoms with Crippen LogP contribution < -0.4 is 0 Å². The maximum atomic E-state index is 2.46. The molecule has 0 nitrogen and oxygen atoms in total. The molecule has 9 aromatic carbocycles. The Morgan fingerprint density at radius 1 is 0.298 bits per heavy atom. The van der Waals surface area contributed by atoms with Crippen molar-refractivity contribution in [3.63, 3.8) is 0 Å². The highest BCUT2D eigenvalue weighted by Gasteiger charge is 2.35. The molecule has 0 heterocycles. The van der Waals surface area contributed by atoms with Crippen molar-refractivity contribution in [2.75, 3.05) is 0 Å². The minimum atomic E-state index is -0.0394. The molecular weight excluding hydrogens is 565 g/mol. The third-order valence-electron chi connectivity index (χ3n) is 10.8. The van der Waals surface area contributed by atoms with Gasteiger partial charge in [0.1, 0.15) is 0 Å². The SMILES string of the molecule is CC1(C)c2ccccc2-c2ccc(-c3cc4c5ccccc5c(-c5ccc6c(ccc7ccccc76)c5)cc4c4ccccc34)cc21. The van der Waals surface area contributed by atoms with Gasteiger partial charge in [0.25, 0.3) is 0 Å². The van der Waals surface area contributed by atoms with Crippen LogP contribution in [0.4, 0.5) is 0 Å². The van der Waals surface area contributed by atoms with Gasteiger partial charge in [0.15, 0.2) is 0 Å². The zero-order valence-electron chi connectivity index (χ0n) is 26.5. The van der Waals surface area contributed by atoms with E-state index >= 15 is 0 Å². The second-order valence-electron chi connectivity index (χ2n) is 13.7. The highest BCUT2D eigenvalue weighted by atomic mass is 14.4. The van der Waals surface area contributed by atoms with Crippen LogP contribution in [0, 0.1) is 0 Å². The highest BCUT2D eigenvalue weighted by molar-refractivity contribution is 6.24. The van der Waals surface area contributed by atoms with Crippen molar-refractivity contribution in [1.29, 1.82) is 0 Å². The summed E-state index contributed by atoms with van der Waals surface area (Å²) in [4.78, 5) is 0. The van der Waals surface area contributed by atoms with Gasteiger partial charge >= 0.3 is 0 Å². The van der Waals surface area contributed by atoms with Crippen molar-refractivity contribution in [2.24, 2.45) is 0 Å². The van der Waals surface area contributed by atoms with Crippen LogP contribution in [0.2, 0.25) is 0 Å². The Labute approximate surface area is 274 Å². The standard InChI is InChI=1S/C47H32/c1-47(2)45-18-10-9-17-39(45)40-24-22-32(26-46(40)47)42-28-44-37-15-7-5-13-35(37)41(27-43(44)38-16-8-6-14-36(38)42)31-21-23-34-30(25-31)20-19-29-11-3-4-12-33(29)34/h3-28H,1-2H3. The van der Waals surface area contributed by atoms with E-state index in [1.54, 1.807) is 0 Å². The minimum Gasteiger partial charge on any atom is -0.0619 e. The Hall–Kier alpha value is -5.72. The maximum Gasteiger partial charge on any atom is 0.0159 e. The van der Waals surface area contributed by atoms with Gasteiger partial charge in [-0.1, -0.05) is 147 Å². The summed E-state index contributed by atoms with van der Waals surface area (Å²) in [7, 11) is 0. The summed E-state index contributed by atoms with van der Waals surface area (Å²) in [5, 5.41) is 12.9. The number of hydrogen-bond donors (Lipinski definition) is 0. The van der Waals surface area contributed by atoms with Crippen molar-refractivity contribution >= 4 is 53.9 Å². The van der Waals surface area contributed by atoms with Gasteiger partial charge in [0.2, 0.25) is 0 Å². The summed E-state index contributed by atoms with van der Waals surface area (Å²) in [5.74, 6) is 0. The fourth-order valence-electron chi connectivity index (χ4n) is 8.48. The smallest absolute Gasteiger partial charge is 0.0159 e. The van der Waals surface area contributed by atoms with Crippen LogP contribution in [0.25, 0.3) is 87.2 Å². The quantitative estimate of drug-likeness (QED) is 0.174. The summed E-state index contributed by atoms with van der Waals surface area (Å²) in [5.41, 5.74) is 10.6. The summed E-state index contributed by atoms with van der Waals surface area (Å²) < 4.78 is 0. The fraction of sp³-hybridized carbons (Fsp3) is 0.0638. The molecule has 0 aromatic heterocycles. The van der Waals surface area contributed by atoms with E-state index < -0.39 is 0 Å². The van der Waals surface area contributed by atoms with Gasteiger partial charge in [-0.15, -0.1) is 0 Å². The molecule has 0 bridgehead atoms. The molecule has 0 saturated heterocycles. The minimum absolute atomic E-state index is 0.0394. The monoisotopic (exact) mass is 596 g/mol. The van der Waals surface area contributed by atoms with E-state index in [4.69, 9.17) is 0 Å². The molecule has 1 aliphatic carbocycles. The predicted octanol–water partition coefficient (Wildman–Crippen LogP) is 13.1. The first-order valence-electron chi connectivity index (χ1n) is 16.6. The third-order valence-corrected chi connectivity index (χ3v) is 10.8. The maximum absolute atomic E-state index is 2.46. The summed E-state index contributed by atoms with van der Waals surface area (Å²) in [6, 6.07) is 59.0. The van der Waals surface area contributed by atoms with E-state index in [1.165, 1.54) is 98.4 Å². The van der Waals surface area contributed by atoms with Crippen LogP contribution in [0.1, 0.15) is 25.0 Å². The topological polar surface area (TPSA) is 0 Å². The molecule has 0 fully saturated rings. The molecule has 0 amide bonds. The van der Waals surface area contributed by atoms with Gasteiger partial charge in [-0.05, 0) is 123 Å². The molecule has 9 aromatic rings. The molecule has 0 N–H and O–H groups in total. The first kappa shape index (κ1) is 26.5. The average molecular weight is 597 g/mol. The zero-order chi connectivity index (χ0) is 31.3. The lowest BCUT2D eigenvalue weighted by Crippen LogP contribution is -2.14. The number of benzene rings is 9. The van der Waals surface area contributed by atoms with Gasteiger partial charge in [-0.25, -0.2) is 0 Å². The largest absolute Gasteiger partial charge is 0.0619 e. The van der Waals surface area contributed by atoms with E-state index in [9.17, 15) is 0 Å². The molecule has 220 valence electrons. The summed E-state index contributed by atoms with van der Waals surface area (Å²) in [6.45, 7) is 4.73. The third kappa shape index (κ3) is 3.76. The highest BCUT2D eigenvalue weighted by Crippen LogP contribution is 2.50. The normalized spacial score (nSPS) is 13.5. The van der Waals surface area contributed by atoms with Gasteiger partial charge in [0, 0.05) is 5.41 Å². The second-order valence-corrected chi connectivity index (χ2v) is 13.7. The molecule has 0 spiro atoms. The fourth-order valence-corrected chi connectivity index (χ4v) is 8.48. The van der Waals surface area contributed by atoms with E-state index in [2.05, 4.69) is 172 Å². The lowest BCUT2D eigenvalue weighted by atomic mass is 9.81. The van der Waals surface area contributed by atoms with Gasteiger partial charge in [-0.3, -0.25) is 0 Å². The first-order valence-corrected chi connectivity index (χ1v) is 16.6. The lowest BCUT2D eigenvalue weighted by molar-refractivity contribution is 0.660. The van der Waals surface area contributed by atoms with Crippen LogP contribution in [-0.4, -0.2) is 0 Å². The Morgan fingerprint density at radius 2 is 0.809 bits per heavy atom. The molecule has 0 heteroatoms. The predicted molar refractivity (Wildman–Crippen MR) is 202 cm³/mol. The number of hydrogen-bond acceptors (Lipinski definition) is 0. The molecule has 0 atom stereocenters. The Kier molecular flexibility index (Phi) is 5.44. The van der Waals surface area contributed by atoms with Gasteiger partial charge in [-0.2, -0.15) is 0 Å².